The average Bonchev–Trinajstić information content (AvgIpc) is 2.51. The summed E-state index contributed by atoms with van der Waals surface area (Å²) < 4.78 is 5.25. The minimum Gasteiger partial charge on any atom is -0.724 e. The second-order valence-electron chi connectivity index (χ2n) is 5.11. The van der Waals surface area contributed by atoms with Gasteiger partial charge in [0.2, 0.25) is 0 Å². The SMILES string of the molecule is CC(C)(C)OC(=O)N1CCCN(N([O-])N=O)CC1. The minimum absolute atomic E-state index is 0.0264. The van der Waals surface area contributed by atoms with Crippen molar-refractivity contribution in [3.05, 3.63) is 10.1 Å². The van der Waals surface area contributed by atoms with Crippen LogP contribution in [0.3, 0.4) is 0 Å². The summed E-state index contributed by atoms with van der Waals surface area (Å²) in [4.78, 5) is 23.5. The van der Waals surface area contributed by atoms with Gasteiger partial charge in [0.05, 0.1) is 5.29 Å². The van der Waals surface area contributed by atoms with E-state index >= 15 is 0 Å². The predicted molar refractivity (Wildman–Crippen MR) is 65.0 cm³/mol. The molecule has 0 bridgehead atoms. The van der Waals surface area contributed by atoms with E-state index in [0.29, 0.717) is 26.1 Å². The van der Waals surface area contributed by atoms with Gasteiger partial charge in [0.15, 0.2) is 0 Å². The molecule has 0 aromatic carbocycles. The van der Waals surface area contributed by atoms with Crippen LogP contribution in [0.2, 0.25) is 0 Å². The Labute approximate surface area is 106 Å². The Kier molecular flexibility index (Phi) is 4.85. The van der Waals surface area contributed by atoms with Gasteiger partial charge in [0, 0.05) is 26.2 Å². The molecule has 18 heavy (non-hydrogen) atoms. The van der Waals surface area contributed by atoms with Crippen molar-refractivity contribution in [2.24, 2.45) is 5.29 Å². The number of nitroso groups, excluding NO2 is 1. The maximum Gasteiger partial charge on any atom is 0.410 e. The van der Waals surface area contributed by atoms with Crippen LogP contribution in [0.1, 0.15) is 27.2 Å². The first-order valence-corrected chi connectivity index (χ1v) is 5.87. The molecule has 104 valence electrons. The van der Waals surface area contributed by atoms with Gasteiger partial charge >= 0.3 is 6.09 Å². The number of hydrogen-bond donors (Lipinski definition) is 0. The zero-order valence-electron chi connectivity index (χ0n) is 11.0. The van der Waals surface area contributed by atoms with Crippen LogP contribution < -0.4 is 0 Å². The van der Waals surface area contributed by atoms with Crippen molar-refractivity contribution in [3.63, 3.8) is 0 Å². The molecule has 0 N–H and O–H groups in total. The summed E-state index contributed by atoms with van der Waals surface area (Å²) in [6.07, 6.45) is 0.189. The Morgan fingerprint density at radius 2 is 1.94 bits per heavy atom. The third-order valence-corrected chi connectivity index (χ3v) is 2.44. The molecule has 1 amide bonds. The summed E-state index contributed by atoms with van der Waals surface area (Å²) in [6, 6.07) is 0. The van der Waals surface area contributed by atoms with Crippen LogP contribution in [0.4, 0.5) is 4.79 Å². The molecule has 0 saturated carbocycles. The van der Waals surface area contributed by atoms with Crippen LogP contribution in [0.5, 0.6) is 0 Å². The van der Waals surface area contributed by atoms with E-state index in [-0.39, 0.29) is 11.8 Å². The van der Waals surface area contributed by atoms with Gasteiger partial charge in [0.25, 0.3) is 0 Å². The van der Waals surface area contributed by atoms with Gasteiger partial charge in [-0.15, -0.1) is 4.91 Å². The highest BCUT2D eigenvalue weighted by molar-refractivity contribution is 5.68. The van der Waals surface area contributed by atoms with E-state index in [0.717, 1.165) is 0 Å². The van der Waals surface area contributed by atoms with Crippen LogP contribution in [0, 0.1) is 10.1 Å². The first-order valence-electron chi connectivity index (χ1n) is 5.87. The lowest BCUT2D eigenvalue weighted by molar-refractivity contribution is 0.0151. The third kappa shape index (κ3) is 4.46. The minimum atomic E-state index is -0.544. The van der Waals surface area contributed by atoms with Crippen LogP contribution in [0.15, 0.2) is 5.29 Å². The summed E-state index contributed by atoms with van der Waals surface area (Å²) >= 11 is 0. The third-order valence-electron chi connectivity index (χ3n) is 2.44. The van der Waals surface area contributed by atoms with Crippen molar-refractivity contribution in [1.82, 2.24) is 15.2 Å². The molecule has 1 aliphatic rings. The first kappa shape index (κ1) is 14.7. The summed E-state index contributed by atoms with van der Waals surface area (Å²) in [5.41, 5.74) is -0.544. The van der Waals surface area contributed by atoms with Crippen molar-refractivity contribution >= 4 is 6.09 Å². The Morgan fingerprint density at radius 3 is 2.50 bits per heavy atom. The molecule has 0 aromatic rings. The number of carbonyl (C=O) groups is 1. The molecule has 0 radical (unpaired) electrons. The molecule has 0 aliphatic carbocycles. The van der Waals surface area contributed by atoms with E-state index in [1.165, 1.54) is 9.91 Å². The van der Waals surface area contributed by atoms with E-state index < -0.39 is 11.7 Å². The van der Waals surface area contributed by atoms with E-state index in [1.807, 2.05) is 0 Å². The Hall–Kier alpha value is -1.41. The van der Waals surface area contributed by atoms with Crippen LogP contribution in [0.25, 0.3) is 0 Å². The monoisotopic (exact) mass is 259 g/mol. The maximum atomic E-state index is 11.8. The van der Waals surface area contributed by atoms with Gasteiger partial charge in [-0.2, -0.15) is 0 Å². The van der Waals surface area contributed by atoms with Crippen LogP contribution in [-0.4, -0.2) is 53.1 Å². The molecule has 8 nitrogen and oxygen atoms in total. The molecule has 8 heteroatoms. The van der Waals surface area contributed by atoms with Crippen molar-refractivity contribution in [2.45, 2.75) is 32.8 Å². The highest BCUT2D eigenvalue weighted by Crippen LogP contribution is 2.12. The number of carbonyl (C=O) groups excluding carboxylic acids is 1. The highest BCUT2D eigenvalue weighted by Gasteiger charge is 2.24. The molecule has 1 aliphatic heterocycles. The molecule has 1 rings (SSSR count). The van der Waals surface area contributed by atoms with E-state index in [4.69, 9.17) is 4.74 Å². The maximum absolute atomic E-state index is 11.8. The van der Waals surface area contributed by atoms with Gasteiger partial charge < -0.3 is 14.8 Å². The quantitative estimate of drug-likeness (QED) is 0.549. The van der Waals surface area contributed by atoms with Gasteiger partial charge in [-0.1, -0.05) is 0 Å². The fourth-order valence-electron chi connectivity index (χ4n) is 1.64. The Balaban J connectivity index is 2.51. The molecular weight excluding hydrogens is 240 g/mol. The molecular formula is C10H19N4O4-. The fraction of sp³-hybridized carbons (Fsp3) is 0.900. The molecule has 1 heterocycles. The average molecular weight is 259 g/mol. The van der Waals surface area contributed by atoms with E-state index in [1.54, 1.807) is 20.8 Å². The van der Waals surface area contributed by atoms with E-state index in [9.17, 15) is 14.9 Å². The largest absolute Gasteiger partial charge is 0.724 e. The zero-order chi connectivity index (χ0) is 13.8. The van der Waals surface area contributed by atoms with Gasteiger partial charge in [0.1, 0.15) is 5.60 Å². The highest BCUT2D eigenvalue weighted by atomic mass is 16.6. The summed E-state index contributed by atoms with van der Waals surface area (Å²) in [6.45, 7) is 6.89. The van der Waals surface area contributed by atoms with Crippen molar-refractivity contribution < 1.29 is 9.53 Å². The smallest absolute Gasteiger partial charge is 0.410 e. The lowest BCUT2D eigenvalue weighted by atomic mass is 10.2. The lowest BCUT2D eigenvalue weighted by Crippen LogP contribution is -2.41. The molecule has 0 unspecified atom stereocenters. The summed E-state index contributed by atoms with van der Waals surface area (Å²) in [5.74, 6) is 0. The normalized spacial score (nSPS) is 18.1. The Morgan fingerprint density at radius 1 is 1.28 bits per heavy atom. The summed E-state index contributed by atoms with van der Waals surface area (Å²) in [7, 11) is 0. The lowest BCUT2D eigenvalue weighted by Gasteiger charge is -2.32. The standard InChI is InChI=1S/C10H19N4O4/c1-10(2,3)18-9(15)12-5-4-6-13(8-7-12)14(17)11-16/h4-8H2,1-3H3/q-1. The number of rotatable bonds is 2. The van der Waals surface area contributed by atoms with Crippen LogP contribution in [-0.2, 0) is 4.74 Å². The zero-order valence-corrected chi connectivity index (χ0v) is 11.0. The van der Waals surface area contributed by atoms with Gasteiger partial charge in [-0.05, 0) is 27.2 Å². The van der Waals surface area contributed by atoms with Crippen molar-refractivity contribution in [1.29, 1.82) is 0 Å². The fourth-order valence-corrected chi connectivity index (χ4v) is 1.64. The molecule has 1 fully saturated rings. The predicted octanol–water partition coefficient (Wildman–Crippen LogP) is 1.33. The molecule has 0 aromatic heterocycles. The topological polar surface area (TPSA) is 88.5 Å². The number of ether oxygens (including phenoxy) is 1. The second kappa shape index (κ2) is 5.96. The molecule has 0 spiro atoms. The number of hydrogen-bond acceptors (Lipinski definition) is 6. The molecule has 1 saturated heterocycles. The number of amides is 1. The second-order valence-corrected chi connectivity index (χ2v) is 5.11. The van der Waals surface area contributed by atoms with Crippen molar-refractivity contribution in [2.75, 3.05) is 26.2 Å². The van der Waals surface area contributed by atoms with Gasteiger partial charge in [-0.25, -0.2) is 9.80 Å². The Bertz CT molecular complexity index is 305. The first-order chi connectivity index (χ1) is 8.33. The summed E-state index contributed by atoms with van der Waals surface area (Å²) in [5, 5.41) is 14.6. The number of nitrogens with zero attached hydrogens (tertiary/aromatic N) is 4. The van der Waals surface area contributed by atoms with Crippen LogP contribution >= 0.6 is 0 Å². The van der Waals surface area contributed by atoms with Gasteiger partial charge in [-0.3, -0.25) is 5.28 Å². The molecule has 0 atom stereocenters. The van der Waals surface area contributed by atoms with E-state index in [2.05, 4.69) is 5.29 Å². The van der Waals surface area contributed by atoms with Crippen molar-refractivity contribution in [3.8, 4) is 0 Å². The number of hydrazine groups is 1.